The van der Waals surface area contributed by atoms with Gasteiger partial charge in [-0.15, -0.1) is 24.0 Å². The van der Waals surface area contributed by atoms with Gasteiger partial charge in [0, 0.05) is 37.8 Å². The van der Waals surface area contributed by atoms with Crippen molar-refractivity contribution in [2.24, 2.45) is 16.6 Å². The van der Waals surface area contributed by atoms with Crippen molar-refractivity contribution >= 4 is 35.8 Å². The van der Waals surface area contributed by atoms with E-state index in [-0.39, 0.29) is 24.0 Å². The minimum atomic E-state index is -0.419. The molecule has 1 aromatic carbocycles. The molecule has 1 aliphatic heterocycles. The Balaban J connectivity index is 0.00000364. The van der Waals surface area contributed by atoms with Gasteiger partial charge in [-0.1, -0.05) is 12.1 Å². The van der Waals surface area contributed by atoms with E-state index in [4.69, 9.17) is 15.2 Å². The molecule has 0 radical (unpaired) electrons. The minimum absolute atomic E-state index is 0. The fraction of sp³-hybridized carbons (Fsp3) is 0.579. The maximum Gasteiger partial charge on any atom is 0.248 e. The maximum absolute atomic E-state index is 11.1. The Morgan fingerprint density at radius 1 is 1.33 bits per heavy atom. The maximum atomic E-state index is 11.1. The third-order valence-electron chi connectivity index (χ3n) is 4.14. The molecule has 152 valence electrons. The fourth-order valence-electron chi connectivity index (χ4n) is 2.63. The first-order valence-electron chi connectivity index (χ1n) is 9.25. The predicted octanol–water partition coefficient (Wildman–Crippen LogP) is 1.90. The third-order valence-corrected chi connectivity index (χ3v) is 4.14. The van der Waals surface area contributed by atoms with Gasteiger partial charge >= 0.3 is 0 Å². The number of ether oxygens (including phenoxy) is 2. The van der Waals surface area contributed by atoms with Crippen LogP contribution in [0, 0.1) is 5.92 Å². The third kappa shape index (κ3) is 9.39. The number of carbonyl (C=O) groups excluding carboxylic acids is 1. The second-order valence-corrected chi connectivity index (χ2v) is 6.34. The van der Waals surface area contributed by atoms with Crippen molar-refractivity contribution in [1.29, 1.82) is 0 Å². The Labute approximate surface area is 178 Å². The summed E-state index contributed by atoms with van der Waals surface area (Å²) >= 11 is 0. The molecule has 1 aliphatic rings. The highest BCUT2D eigenvalue weighted by molar-refractivity contribution is 14.0. The molecule has 1 amide bonds. The number of benzene rings is 1. The van der Waals surface area contributed by atoms with E-state index in [9.17, 15) is 4.79 Å². The highest BCUT2D eigenvalue weighted by Crippen LogP contribution is 2.12. The van der Waals surface area contributed by atoms with Crippen LogP contribution < -0.4 is 16.4 Å². The van der Waals surface area contributed by atoms with Gasteiger partial charge in [0.25, 0.3) is 0 Å². The highest BCUT2D eigenvalue weighted by Gasteiger charge is 2.15. The molecule has 1 aromatic rings. The van der Waals surface area contributed by atoms with Crippen LogP contribution in [-0.2, 0) is 16.0 Å². The zero-order valence-corrected chi connectivity index (χ0v) is 18.2. The van der Waals surface area contributed by atoms with Crippen LogP contribution in [-0.4, -0.2) is 51.4 Å². The number of halogens is 1. The van der Waals surface area contributed by atoms with Crippen molar-refractivity contribution < 1.29 is 14.3 Å². The summed E-state index contributed by atoms with van der Waals surface area (Å²) in [6.07, 6.45) is 2.03. The molecule has 1 saturated heterocycles. The van der Waals surface area contributed by atoms with E-state index in [0.29, 0.717) is 18.0 Å². The molecular weight excluding hydrogens is 459 g/mol. The molecule has 0 aromatic heterocycles. The number of aliphatic imine (C=N–C) groups is 1. The van der Waals surface area contributed by atoms with Crippen LogP contribution in [0.1, 0.15) is 35.7 Å². The molecule has 7 nitrogen and oxygen atoms in total. The Bertz CT molecular complexity index is 575. The molecule has 1 unspecified atom stereocenters. The van der Waals surface area contributed by atoms with Crippen molar-refractivity contribution in [1.82, 2.24) is 10.6 Å². The molecule has 27 heavy (non-hydrogen) atoms. The van der Waals surface area contributed by atoms with Gasteiger partial charge in [-0.2, -0.15) is 0 Å². The number of primary amides is 1. The molecule has 0 saturated carbocycles. The van der Waals surface area contributed by atoms with E-state index >= 15 is 0 Å². The second-order valence-electron chi connectivity index (χ2n) is 6.34. The first-order valence-corrected chi connectivity index (χ1v) is 9.25. The van der Waals surface area contributed by atoms with Gasteiger partial charge in [-0.25, -0.2) is 4.99 Å². The summed E-state index contributed by atoms with van der Waals surface area (Å²) in [6.45, 7) is 7.38. The van der Waals surface area contributed by atoms with Gasteiger partial charge in [0.15, 0.2) is 5.96 Å². The Morgan fingerprint density at radius 2 is 2.11 bits per heavy atom. The quantitative estimate of drug-likeness (QED) is 0.202. The summed E-state index contributed by atoms with van der Waals surface area (Å²) in [5, 5.41) is 6.53. The van der Waals surface area contributed by atoms with E-state index in [1.165, 1.54) is 0 Å². The number of nitrogens with two attached hydrogens (primary N) is 1. The van der Waals surface area contributed by atoms with E-state index in [2.05, 4.69) is 15.6 Å². The summed E-state index contributed by atoms with van der Waals surface area (Å²) in [4.78, 5) is 15.6. The number of nitrogens with zero attached hydrogens (tertiary/aromatic N) is 1. The standard InChI is InChI=1S/C19H30N4O3.HI/c1-2-21-19(22-9-3-10-25-13-16-8-11-26-14-16)23-12-15-4-6-17(7-5-15)18(20)24;/h4-7,16H,2-3,8-14H2,1H3,(H2,20,24)(H2,21,22,23);1H. The molecule has 0 bridgehead atoms. The number of nitrogens with one attached hydrogen (secondary N) is 2. The number of guanidine groups is 1. The number of amides is 1. The second kappa shape index (κ2) is 13.7. The van der Waals surface area contributed by atoms with Gasteiger partial charge in [0.2, 0.25) is 5.91 Å². The van der Waals surface area contributed by atoms with Crippen LogP contribution >= 0.6 is 24.0 Å². The summed E-state index contributed by atoms with van der Waals surface area (Å²) < 4.78 is 11.0. The van der Waals surface area contributed by atoms with Gasteiger partial charge in [0.1, 0.15) is 0 Å². The van der Waals surface area contributed by atoms with Crippen molar-refractivity contribution in [2.75, 3.05) is 39.5 Å². The van der Waals surface area contributed by atoms with Crippen molar-refractivity contribution in [3.05, 3.63) is 35.4 Å². The molecule has 8 heteroatoms. The summed E-state index contributed by atoms with van der Waals surface area (Å²) in [7, 11) is 0. The average Bonchev–Trinajstić information content (AvgIpc) is 3.16. The SMILES string of the molecule is CCNC(=NCc1ccc(C(N)=O)cc1)NCCCOCC1CCOC1.I. The minimum Gasteiger partial charge on any atom is -0.381 e. The molecule has 0 spiro atoms. The topological polar surface area (TPSA) is 98.0 Å². The summed E-state index contributed by atoms with van der Waals surface area (Å²) in [5.41, 5.74) is 6.78. The zero-order valence-electron chi connectivity index (χ0n) is 15.9. The number of carbonyl (C=O) groups is 1. The smallest absolute Gasteiger partial charge is 0.248 e. The lowest BCUT2D eigenvalue weighted by Gasteiger charge is -2.12. The highest BCUT2D eigenvalue weighted by atomic mass is 127. The number of hydrogen-bond acceptors (Lipinski definition) is 4. The summed E-state index contributed by atoms with van der Waals surface area (Å²) in [5.74, 6) is 0.913. The van der Waals surface area contributed by atoms with Crippen molar-refractivity contribution in [2.45, 2.75) is 26.3 Å². The van der Waals surface area contributed by atoms with Crippen LogP contribution in [0.2, 0.25) is 0 Å². The number of hydrogen-bond donors (Lipinski definition) is 3. The van der Waals surface area contributed by atoms with Crippen LogP contribution in [0.4, 0.5) is 0 Å². The monoisotopic (exact) mass is 490 g/mol. The zero-order chi connectivity index (χ0) is 18.6. The lowest BCUT2D eigenvalue weighted by molar-refractivity contribution is 0.0888. The van der Waals surface area contributed by atoms with Crippen LogP contribution in [0.25, 0.3) is 0 Å². The molecule has 2 rings (SSSR count). The predicted molar refractivity (Wildman–Crippen MR) is 118 cm³/mol. The van der Waals surface area contributed by atoms with Gasteiger partial charge in [0.05, 0.1) is 19.8 Å². The normalized spacial score (nSPS) is 16.6. The molecule has 1 fully saturated rings. The van der Waals surface area contributed by atoms with E-state index in [0.717, 1.165) is 63.9 Å². The van der Waals surface area contributed by atoms with E-state index in [1.807, 2.05) is 19.1 Å². The first-order chi connectivity index (χ1) is 12.7. The first kappa shape index (κ1) is 23.6. The van der Waals surface area contributed by atoms with Gasteiger partial charge in [-0.3, -0.25) is 4.79 Å². The van der Waals surface area contributed by atoms with Gasteiger partial charge < -0.3 is 25.8 Å². The van der Waals surface area contributed by atoms with Crippen molar-refractivity contribution in [3.63, 3.8) is 0 Å². The van der Waals surface area contributed by atoms with E-state index in [1.54, 1.807) is 12.1 Å². The number of rotatable bonds is 10. The van der Waals surface area contributed by atoms with Crippen molar-refractivity contribution in [3.8, 4) is 0 Å². The Kier molecular flexibility index (Phi) is 12.0. The average molecular weight is 490 g/mol. The molecule has 1 atom stereocenters. The Hall–Kier alpha value is -1.39. The summed E-state index contributed by atoms with van der Waals surface area (Å²) in [6, 6.07) is 7.18. The lowest BCUT2D eigenvalue weighted by Crippen LogP contribution is -2.38. The van der Waals surface area contributed by atoms with Crippen LogP contribution in [0.15, 0.2) is 29.3 Å². The van der Waals surface area contributed by atoms with Gasteiger partial charge in [-0.05, 0) is 37.5 Å². The molecular formula is C19H31IN4O3. The van der Waals surface area contributed by atoms with Crippen LogP contribution in [0.3, 0.4) is 0 Å². The molecule has 1 heterocycles. The van der Waals surface area contributed by atoms with E-state index < -0.39 is 5.91 Å². The molecule has 0 aliphatic carbocycles. The molecule has 4 N–H and O–H groups in total. The fourth-order valence-corrected chi connectivity index (χ4v) is 2.63. The Morgan fingerprint density at radius 3 is 2.74 bits per heavy atom. The van der Waals surface area contributed by atoms with Crippen LogP contribution in [0.5, 0.6) is 0 Å². The largest absolute Gasteiger partial charge is 0.381 e. The lowest BCUT2D eigenvalue weighted by atomic mass is 10.1.